The Morgan fingerprint density at radius 3 is 3.11 bits per heavy atom. The first-order valence-corrected chi connectivity index (χ1v) is 5.99. The van der Waals surface area contributed by atoms with E-state index in [0.29, 0.717) is 24.6 Å². The molecule has 102 valence electrons. The molecule has 0 radical (unpaired) electrons. The predicted molar refractivity (Wildman–Crippen MR) is 64.8 cm³/mol. The predicted octanol–water partition coefficient (Wildman–Crippen LogP) is -0.178. The number of carbonyl (C=O) groups excluding carboxylic acids is 1. The van der Waals surface area contributed by atoms with E-state index in [2.05, 4.69) is 20.7 Å². The molecule has 19 heavy (non-hydrogen) atoms. The minimum Gasteiger partial charge on any atom is -0.461 e. The summed E-state index contributed by atoms with van der Waals surface area (Å²) in [5, 5.41) is 22.9. The molecule has 0 aliphatic heterocycles. The second-order valence-electron chi connectivity index (χ2n) is 3.90. The molecule has 2 N–H and O–H groups in total. The lowest BCUT2D eigenvalue weighted by Crippen LogP contribution is -2.29. The van der Waals surface area contributed by atoms with E-state index in [0.717, 1.165) is 6.42 Å². The third-order valence-corrected chi connectivity index (χ3v) is 2.39. The highest BCUT2D eigenvalue weighted by molar-refractivity contribution is 5.75. The third-order valence-electron chi connectivity index (χ3n) is 2.39. The molecule has 2 aromatic rings. The number of aliphatic hydroxyl groups excluding tert-OH is 1. The molecule has 0 aliphatic rings. The Hall–Kier alpha value is -2.22. The normalized spacial score (nSPS) is 10.6. The number of aromatic nitrogens is 4. The fourth-order valence-electron chi connectivity index (χ4n) is 1.46. The molecular weight excluding hydrogens is 250 g/mol. The van der Waals surface area contributed by atoms with Crippen LogP contribution in [0.4, 0.5) is 0 Å². The number of unbranched alkanes of at least 4 members (excludes halogenated alkanes) is 1. The Morgan fingerprint density at radius 1 is 1.47 bits per heavy atom. The average molecular weight is 265 g/mol. The Labute approximate surface area is 109 Å². The van der Waals surface area contributed by atoms with Crippen molar-refractivity contribution in [2.45, 2.75) is 19.4 Å². The zero-order chi connectivity index (χ0) is 13.5. The van der Waals surface area contributed by atoms with Gasteiger partial charge in [-0.25, -0.2) is 0 Å². The quantitative estimate of drug-likeness (QED) is 0.673. The molecule has 0 saturated heterocycles. The van der Waals surface area contributed by atoms with Gasteiger partial charge in [-0.1, -0.05) is 0 Å². The number of carbonyl (C=O) groups is 1. The molecule has 0 fully saturated rings. The number of nitrogens with one attached hydrogen (secondary N) is 1. The van der Waals surface area contributed by atoms with Crippen molar-refractivity contribution in [2.75, 3.05) is 13.2 Å². The maximum Gasteiger partial charge on any atom is 0.243 e. The second-order valence-corrected chi connectivity index (χ2v) is 3.90. The van der Waals surface area contributed by atoms with Gasteiger partial charge in [0.05, 0.1) is 6.26 Å². The Balaban J connectivity index is 1.81. The lowest BCUT2D eigenvalue weighted by molar-refractivity contribution is -0.122. The van der Waals surface area contributed by atoms with Crippen LogP contribution in [0.15, 0.2) is 22.8 Å². The van der Waals surface area contributed by atoms with Crippen LogP contribution in [0.2, 0.25) is 0 Å². The number of furan rings is 1. The largest absolute Gasteiger partial charge is 0.461 e. The number of rotatable bonds is 7. The van der Waals surface area contributed by atoms with E-state index in [1.807, 2.05) is 0 Å². The van der Waals surface area contributed by atoms with E-state index in [4.69, 9.17) is 9.52 Å². The van der Waals surface area contributed by atoms with Gasteiger partial charge in [0.15, 0.2) is 5.76 Å². The molecule has 0 aliphatic carbocycles. The van der Waals surface area contributed by atoms with Gasteiger partial charge >= 0.3 is 0 Å². The standard InChI is InChI=1S/C11H15N5O3/c17-6-2-1-5-12-10(18)8-16-14-11(13-15-16)9-4-3-7-19-9/h3-4,7,17H,1-2,5-6,8H2,(H,12,18). The molecule has 0 bridgehead atoms. The van der Waals surface area contributed by atoms with Crippen molar-refractivity contribution < 1.29 is 14.3 Å². The van der Waals surface area contributed by atoms with E-state index in [9.17, 15) is 4.79 Å². The van der Waals surface area contributed by atoms with Crippen molar-refractivity contribution in [3.8, 4) is 11.6 Å². The van der Waals surface area contributed by atoms with E-state index in [1.165, 1.54) is 11.1 Å². The topological polar surface area (TPSA) is 106 Å². The third kappa shape index (κ3) is 3.88. The molecule has 8 heteroatoms. The molecule has 0 unspecified atom stereocenters. The van der Waals surface area contributed by atoms with Crippen LogP contribution in [0, 0.1) is 0 Å². The highest BCUT2D eigenvalue weighted by atomic mass is 16.3. The summed E-state index contributed by atoms with van der Waals surface area (Å²) in [6.07, 6.45) is 2.93. The van der Waals surface area contributed by atoms with Crippen molar-refractivity contribution >= 4 is 5.91 Å². The lowest BCUT2D eigenvalue weighted by atomic mass is 10.3. The van der Waals surface area contributed by atoms with Crippen LogP contribution < -0.4 is 5.32 Å². The lowest BCUT2D eigenvalue weighted by Gasteiger charge is -2.02. The summed E-state index contributed by atoms with van der Waals surface area (Å²) in [4.78, 5) is 12.8. The summed E-state index contributed by atoms with van der Waals surface area (Å²) in [5.74, 6) is 0.661. The molecule has 2 rings (SSSR count). The van der Waals surface area contributed by atoms with Gasteiger partial charge in [0.25, 0.3) is 0 Å². The first-order chi connectivity index (χ1) is 9.29. The maximum atomic E-state index is 11.5. The van der Waals surface area contributed by atoms with Crippen molar-refractivity contribution in [3.05, 3.63) is 18.4 Å². The van der Waals surface area contributed by atoms with Gasteiger partial charge in [0, 0.05) is 13.2 Å². The SMILES string of the molecule is O=C(Cn1nnc(-c2ccco2)n1)NCCCCO. The van der Waals surface area contributed by atoms with Crippen molar-refractivity contribution in [2.24, 2.45) is 0 Å². The molecule has 0 spiro atoms. The minimum atomic E-state index is -0.193. The van der Waals surface area contributed by atoms with Crippen molar-refractivity contribution in [3.63, 3.8) is 0 Å². The minimum absolute atomic E-state index is 0.00678. The average Bonchev–Trinajstić information content (AvgIpc) is 3.04. The maximum absolute atomic E-state index is 11.5. The molecular formula is C11H15N5O3. The molecule has 1 amide bonds. The number of hydrogen-bond acceptors (Lipinski definition) is 6. The number of aliphatic hydroxyl groups is 1. The zero-order valence-corrected chi connectivity index (χ0v) is 10.3. The highest BCUT2D eigenvalue weighted by Gasteiger charge is 2.10. The molecule has 0 atom stereocenters. The smallest absolute Gasteiger partial charge is 0.243 e. The summed E-state index contributed by atoms with van der Waals surface area (Å²) in [5.41, 5.74) is 0. The van der Waals surface area contributed by atoms with Gasteiger partial charge in [-0.2, -0.15) is 4.80 Å². The molecule has 2 heterocycles. The summed E-state index contributed by atoms with van der Waals surface area (Å²) in [7, 11) is 0. The van der Waals surface area contributed by atoms with Crippen LogP contribution in [-0.2, 0) is 11.3 Å². The van der Waals surface area contributed by atoms with Crippen LogP contribution in [-0.4, -0.2) is 44.4 Å². The van der Waals surface area contributed by atoms with E-state index in [1.54, 1.807) is 12.1 Å². The van der Waals surface area contributed by atoms with Crippen molar-refractivity contribution in [1.29, 1.82) is 0 Å². The summed E-state index contributed by atoms with van der Waals surface area (Å²) >= 11 is 0. The molecule has 8 nitrogen and oxygen atoms in total. The van der Waals surface area contributed by atoms with Gasteiger partial charge in [-0.3, -0.25) is 4.79 Å². The Bertz CT molecular complexity index is 508. The number of hydrogen-bond donors (Lipinski definition) is 2. The van der Waals surface area contributed by atoms with Crippen LogP contribution in [0.5, 0.6) is 0 Å². The number of nitrogens with zero attached hydrogens (tertiary/aromatic N) is 4. The van der Waals surface area contributed by atoms with Gasteiger partial charge in [0.2, 0.25) is 11.7 Å². The second kappa shape index (κ2) is 6.64. The fraction of sp³-hybridized carbons (Fsp3) is 0.455. The van der Waals surface area contributed by atoms with Gasteiger partial charge in [-0.15, -0.1) is 10.2 Å². The first kappa shape index (κ1) is 13.2. The molecule has 2 aromatic heterocycles. The van der Waals surface area contributed by atoms with Crippen LogP contribution in [0.1, 0.15) is 12.8 Å². The fourth-order valence-corrected chi connectivity index (χ4v) is 1.46. The zero-order valence-electron chi connectivity index (χ0n) is 10.3. The highest BCUT2D eigenvalue weighted by Crippen LogP contribution is 2.12. The molecule has 0 aromatic carbocycles. The van der Waals surface area contributed by atoms with Gasteiger partial charge in [0.1, 0.15) is 6.54 Å². The van der Waals surface area contributed by atoms with Gasteiger partial charge in [-0.05, 0) is 30.2 Å². The Morgan fingerprint density at radius 2 is 2.37 bits per heavy atom. The number of tetrazole rings is 1. The summed E-state index contributed by atoms with van der Waals surface area (Å²) in [6, 6.07) is 3.44. The van der Waals surface area contributed by atoms with Crippen LogP contribution in [0.3, 0.4) is 0 Å². The Kier molecular flexibility index (Phi) is 4.62. The monoisotopic (exact) mass is 265 g/mol. The molecule has 0 saturated carbocycles. The van der Waals surface area contributed by atoms with Crippen molar-refractivity contribution in [1.82, 2.24) is 25.5 Å². The summed E-state index contributed by atoms with van der Waals surface area (Å²) < 4.78 is 5.13. The van der Waals surface area contributed by atoms with Crippen LogP contribution >= 0.6 is 0 Å². The van der Waals surface area contributed by atoms with Crippen LogP contribution in [0.25, 0.3) is 11.6 Å². The van der Waals surface area contributed by atoms with Gasteiger partial charge < -0.3 is 14.8 Å². The number of amides is 1. The van der Waals surface area contributed by atoms with E-state index >= 15 is 0 Å². The summed E-state index contributed by atoms with van der Waals surface area (Å²) in [6.45, 7) is 0.666. The first-order valence-electron chi connectivity index (χ1n) is 5.99. The van der Waals surface area contributed by atoms with E-state index in [-0.39, 0.29) is 19.1 Å². The van der Waals surface area contributed by atoms with E-state index < -0.39 is 0 Å².